The lowest BCUT2D eigenvalue weighted by Crippen LogP contribution is -2.66. The fraction of sp³-hybridized carbons (Fsp3) is 0.926. The van der Waals surface area contributed by atoms with Gasteiger partial charge in [0.2, 0.25) is 5.91 Å². The van der Waals surface area contributed by atoms with Crippen molar-refractivity contribution < 1.29 is 89.4 Å². The minimum Gasteiger partial charge on any atom is -0.394 e. The molecule has 17 atom stereocenters. The zero-order chi connectivity index (χ0) is 63.3. The lowest BCUT2D eigenvalue weighted by molar-refractivity contribution is -0.379. The van der Waals surface area contributed by atoms with Gasteiger partial charge in [-0.15, -0.1) is 0 Å². The van der Waals surface area contributed by atoms with Gasteiger partial charge in [0.1, 0.15) is 73.2 Å². The van der Waals surface area contributed by atoms with Crippen molar-refractivity contribution in [1.82, 2.24) is 5.32 Å². The van der Waals surface area contributed by atoms with Gasteiger partial charge in [0.15, 0.2) is 18.9 Å². The second-order valence-electron chi connectivity index (χ2n) is 25.3. The van der Waals surface area contributed by atoms with Gasteiger partial charge in [-0.1, -0.05) is 256 Å². The van der Waals surface area contributed by atoms with Crippen molar-refractivity contribution in [3.63, 3.8) is 0 Å². The van der Waals surface area contributed by atoms with Crippen LogP contribution < -0.4 is 5.32 Å². The summed E-state index contributed by atoms with van der Waals surface area (Å²) in [5.41, 5.74) is 0. The SMILES string of the molecule is CCCCCCCCCCCC/C=C/CC/C=C/C(O)C(COC1OC(CO)C(OC2OC(CO)C(OC3OC(CO)C(O)C(O)C3O)C(O)C2O)C(O)C1O)NC(=O)CCCCCCCCCCCCCCCCCCCCCCCCCCCC. The Balaban J connectivity index is 1.42. The van der Waals surface area contributed by atoms with Crippen molar-refractivity contribution in [2.24, 2.45) is 0 Å². The molecule has 0 radical (unpaired) electrons. The first kappa shape index (κ1) is 79.5. The highest BCUT2D eigenvalue weighted by molar-refractivity contribution is 5.76. The van der Waals surface area contributed by atoms with Crippen LogP contribution >= 0.6 is 0 Å². The molecule has 3 rings (SSSR count). The zero-order valence-electron chi connectivity index (χ0n) is 54.0. The molecule has 0 aromatic carbocycles. The average molecular weight is 1250 g/mol. The summed E-state index contributed by atoms with van der Waals surface area (Å²) in [5, 5.41) is 120. The number of aliphatic hydroxyl groups is 11. The lowest BCUT2D eigenvalue weighted by atomic mass is 9.96. The third kappa shape index (κ3) is 33.1. The molecule has 19 heteroatoms. The second-order valence-corrected chi connectivity index (χ2v) is 25.3. The molecule has 0 bridgehead atoms. The monoisotopic (exact) mass is 1250 g/mol. The first-order chi connectivity index (χ1) is 42.3. The number of carbonyl (C=O) groups excluding carboxylic acids is 1. The molecule has 12 N–H and O–H groups in total. The number of ether oxygens (including phenoxy) is 6. The van der Waals surface area contributed by atoms with E-state index in [-0.39, 0.29) is 18.9 Å². The van der Waals surface area contributed by atoms with Crippen LogP contribution in [0, 0.1) is 0 Å². The highest BCUT2D eigenvalue weighted by atomic mass is 16.8. The van der Waals surface area contributed by atoms with Crippen LogP contribution in [0.4, 0.5) is 0 Å². The summed E-state index contributed by atoms with van der Waals surface area (Å²) in [4.78, 5) is 13.4. The molecule has 3 heterocycles. The Bertz CT molecular complexity index is 1680. The van der Waals surface area contributed by atoms with E-state index in [1.54, 1.807) is 6.08 Å². The fourth-order valence-electron chi connectivity index (χ4n) is 12.0. The van der Waals surface area contributed by atoms with Gasteiger partial charge in [0, 0.05) is 6.42 Å². The Labute approximate surface area is 524 Å². The van der Waals surface area contributed by atoms with E-state index in [1.165, 1.54) is 199 Å². The molecule has 0 aliphatic carbocycles. The van der Waals surface area contributed by atoms with E-state index in [4.69, 9.17) is 28.4 Å². The molecular formula is C68H127NO18. The summed E-state index contributed by atoms with van der Waals surface area (Å²) in [7, 11) is 0. The van der Waals surface area contributed by atoms with E-state index in [1.807, 2.05) is 6.08 Å². The van der Waals surface area contributed by atoms with Gasteiger partial charge in [-0.25, -0.2) is 0 Å². The van der Waals surface area contributed by atoms with E-state index in [0.717, 1.165) is 38.5 Å². The van der Waals surface area contributed by atoms with Gasteiger partial charge in [-0.05, 0) is 32.1 Å². The Morgan fingerprint density at radius 2 is 0.736 bits per heavy atom. The molecule has 3 aliphatic heterocycles. The topological polar surface area (TPSA) is 307 Å². The molecule has 0 saturated carbocycles. The molecule has 87 heavy (non-hydrogen) atoms. The summed E-state index contributed by atoms with van der Waals surface area (Å²) in [6.07, 6.45) is 30.2. The van der Waals surface area contributed by atoms with Crippen molar-refractivity contribution in [3.05, 3.63) is 24.3 Å². The van der Waals surface area contributed by atoms with E-state index in [0.29, 0.717) is 12.8 Å². The molecule has 0 spiro atoms. The predicted octanol–water partition coefficient (Wildman–Crippen LogP) is 9.05. The van der Waals surface area contributed by atoms with Crippen molar-refractivity contribution >= 4 is 5.91 Å². The first-order valence-corrected chi connectivity index (χ1v) is 35.1. The number of rotatable bonds is 54. The molecule has 512 valence electrons. The minimum atomic E-state index is -1.98. The van der Waals surface area contributed by atoms with Crippen molar-refractivity contribution in [3.8, 4) is 0 Å². The number of amides is 1. The van der Waals surface area contributed by atoms with Crippen LogP contribution in [0.25, 0.3) is 0 Å². The number of carbonyl (C=O) groups is 1. The van der Waals surface area contributed by atoms with E-state index in [9.17, 15) is 61.0 Å². The third-order valence-electron chi connectivity index (χ3n) is 17.8. The van der Waals surface area contributed by atoms with Crippen LogP contribution in [0.2, 0.25) is 0 Å². The quantitative estimate of drug-likeness (QED) is 0.0200. The third-order valence-corrected chi connectivity index (χ3v) is 17.8. The van der Waals surface area contributed by atoms with Crippen LogP contribution in [0.1, 0.15) is 271 Å². The van der Waals surface area contributed by atoms with E-state index in [2.05, 4.69) is 31.3 Å². The number of unbranched alkanes of at least 4 members (excludes halogenated alkanes) is 36. The van der Waals surface area contributed by atoms with Crippen molar-refractivity contribution in [2.75, 3.05) is 26.4 Å². The van der Waals surface area contributed by atoms with E-state index >= 15 is 0 Å². The van der Waals surface area contributed by atoms with Crippen LogP contribution in [0.5, 0.6) is 0 Å². The number of aliphatic hydroxyl groups excluding tert-OH is 11. The average Bonchev–Trinajstić information content (AvgIpc) is 2.98. The first-order valence-electron chi connectivity index (χ1n) is 35.1. The predicted molar refractivity (Wildman–Crippen MR) is 337 cm³/mol. The number of hydrogen-bond donors (Lipinski definition) is 12. The maximum atomic E-state index is 13.4. The molecular weight excluding hydrogens is 1120 g/mol. The van der Waals surface area contributed by atoms with E-state index < -0.39 is 124 Å². The minimum absolute atomic E-state index is 0.241. The summed E-state index contributed by atoms with van der Waals surface area (Å²) < 4.78 is 34.3. The normalized spacial score (nSPS) is 28.7. The molecule has 0 aromatic rings. The highest BCUT2D eigenvalue weighted by Gasteiger charge is 2.53. The van der Waals surface area contributed by atoms with Gasteiger partial charge in [0.05, 0.1) is 38.6 Å². The standard InChI is InChI=1S/C68H127NO18/c1-3-5-7-9-11-13-15-17-19-21-22-23-24-25-26-27-28-29-30-32-34-36-38-40-42-44-46-56(74)69-51(52(73)45-43-41-39-37-35-33-31-20-18-16-14-12-10-8-6-4-2)50-82-66-62(80)59(77)64(54(48-71)84-66)87-68-63(81)60(78)65(55(49-72)85-68)86-67-61(79)58(76)57(75)53(47-70)83-67/h35,37,43,45,51-55,57-68,70-73,75-81H,3-34,36,38-42,44,46-50H2,1-2H3,(H,69,74)/b37-35+,45-43+. The summed E-state index contributed by atoms with van der Waals surface area (Å²) in [6.45, 7) is 1.74. The van der Waals surface area contributed by atoms with Crippen LogP contribution in [0.3, 0.4) is 0 Å². The van der Waals surface area contributed by atoms with Gasteiger partial charge in [-0.2, -0.15) is 0 Å². The summed E-state index contributed by atoms with van der Waals surface area (Å²) >= 11 is 0. The van der Waals surface area contributed by atoms with Gasteiger partial charge in [0.25, 0.3) is 0 Å². The molecule has 19 nitrogen and oxygen atoms in total. The van der Waals surface area contributed by atoms with Crippen LogP contribution in [-0.4, -0.2) is 193 Å². The maximum Gasteiger partial charge on any atom is 0.220 e. The van der Waals surface area contributed by atoms with Crippen LogP contribution in [0.15, 0.2) is 24.3 Å². The Kier molecular flexibility index (Phi) is 46.4. The molecule has 17 unspecified atom stereocenters. The second kappa shape index (κ2) is 50.8. The lowest BCUT2D eigenvalue weighted by Gasteiger charge is -2.48. The number of allylic oxidation sites excluding steroid dienone is 3. The molecule has 3 aliphatic rings. The number of nitrogens with one attached hydrogen (secondary N) is 1. The van der Waals surface area contributed by atoms with Gasteiger partial charge < -0.3 is 89.9 Å². The van der Waals surface area contributed by atoms with Gasteiger partial charge in [-0.3, -0.25) is 4.79 Å². The summed E-state index contributed by atoms with van der Waals surface area (Å²) in [6, 6.07) is -0.986. The van der Waals surface area contributed by atoms with Crippen molar-refractivity contribution in [2.45, 2.75) is 375 Å². The zero-order valence-corrected chi connectivity index (χ0v) is 54.0. The number of hydrogen-bond acceptors (Lipinski definition) is 18. The summed E-state index contributed by atoms with van der Waals surface area (Å²) in [5.74, 6) is -0.280. The molecule has 3 fully saturated rings. The molecule has 3 saturated heterocycles. The Morgan fingerprint density at radius 1 is 0.402 bits per heavy atom. The fourth-order valence-corrected chi connectivity index (χ4v) is 12.0. The van der Waals surface area contributed by atoms with Crippen molar-refractivity contribution in [1.29, 1.82) is 0 Å². The highest BCUT2D eigenvalue weighted by Crippen LogP contribution is 2.33. The largest absolute Gasteiger partial charge is 0.394 e. The maximum absolute atomic E-state index is 13.4. The Morgan fingerprint density at radius 3 is 1.15 bits per heavy atom. The van der Waals surface area contributed by atoms with Gasteiger partial charge >= 0.3 is 0 Å². The molecule has 0 aromatic heterocycles. The van der Waals surface area contributed by atoms with Crippen LogP contribution in [-0.2, 0) is 33.2 Å². The Hall–Kier alpha value is -1.73. The smallest absolute Gasteiger partial charge is 0.220 e. The molecule has 1 amide bonds.